The van der Waals surface area contributed by atoms with Gasteiger partial charge in [0.15, 0.2) is 11.5 Å². The van der Waals surface area contributed by atoms with E-state index in [1.165, 1.54) is 0 Å². The summed E-state index contributed by atoms with van der Waals surface area (Å²) in [4.78, 5) is 15.6. The number of halogens is 2. The molecule has 0 amide bonds. The molecule has 126 valence electrons. The van der Waals surface area contributed by atoms with Crippen LogP contribution in [0.4, 0.5) is 10.1 Å². The average molecular weight is 365 g/mol. The Morgan fingerprint density at radius 1 is 1.29 bits per heavy atom. The lowest BCUT2D eigenvalue weighted by atomic mass is 10.1. The fraction of sp³-hybridized carbons (Fsp3) is 0.176. The van der Waals surface area contributed by atoms with Gasteiger partial charge in [-0.3, -0.25) is 0 Å². The molecule has 7 heteroatoms. The number of aromatic nitrogens is 1. The number of aromatic carboxylic acids is 1. The molecule has 0 saturated heterocycles. The zero-order valence-electron chi connectivity index (χ0n) is 13.6. The Morgan fingerprint density at radius 3 is 2.38 bits per heavy atom. The van der Waals surface area contributed by atoms with Crippen molar-refractivity contribution in [3.63, 3.8) is 0 Å². The molecule has 0 unspecified atom stereocenters. The number of hydrogen-bond acceptors (Lipinski definition) is 3. The standard InChI is InChI=1S/C17H18ClFN2O2Si/c1-24(2,3)9-8-12-14(20)13(19)15(21-16(12)17(22)23)10-4-6-11(18)7-5-10/h4-9H,1-3H3,(H2,20,21)(H,22,23). The van der Waals surface area contributed by atoms with E-state index in [2.05, 4.69) is 24.6 Å². The number of nitrogens with zero attached hydrogens (tertiary/aromatic N) is 1. The van der Waals surface area contributed by atoms with Gasteiger partial charge in [0, 0.05) is 16.1 Å². The number of carbonyl (C=O) groups is 1. The molecule has 2 aromatic rings. The van der Waals surface area contributed by atoms with E-state index in [9.17, 15) is 14.3 Å². The highest BCUT2D eigenvalue weighted by Gasteiger charge is 2.22. The lowest BCUT2D eigenvalue weighted by molar-refractivity contribution is 0.0690. The summed E-state index contributed by atoms with van der Waals surface area (Å²) in [5, 5.41) is 9.93. The minimum absolute atomic E-state index is 0.0974. The van der Waals surface area contributed by atoms with Gasteiger partial charge in [-0.15, -0.1) is 0 Å². The molecule has 0 saturated carbocycles. The Hall–Kier alpha value is -2.18. The number of benzene rings is 1. The molecule has 2 rings (SSSR count). The molecular weight excluding hydrogens is 347 g/mol. The van der Waals surface area contributed by atoms with Crippen molar-refractivity contribution in [3.05, 3.63) is 52.1 Å². The summed E-state index contributed by atoms with van der Waals surface area (Å²) >= 11 is 5.82. The van der Waals surface area contributed by atoms with Crippen LogP contribution in [0.15, 0.2) is 30.0 Å². The number of hydrogen-bond donors (Lipinski definition) is 2. The van der Waals surface area contributed by atoms with E-state index in [0.29, 0.717) is 10.6 Å². The number of anilines is 1. The summed E-state index contributed by atoms with van der Waals surface area (Å²) in [6.45, 7) is 6.23. The smallest absolute Gasteiger partial charge is 0.355 e. The van der Waals surface area contributed by atoms with E-state index in [1.807, 2.05) is 5.70 Å². The van der Waals surface area contributed by atoms with Gasteiger partial charge in [0.05, 0.1) is 13.8 Å². The SMILES string of the molecule is C[Si](C)(C)C=Cc1c(C(=O)O)nc(-c2ccc(Cl)cc2)c(F)c1N. The average Bonchev–Trinajstić information content (AvgIpc) is 2.48. The van der Waals surface area contributed by atoms with E-state index in [1.54, 1.807) is 30.3 Å². The highest BCUT2D eigenvalue weighted by atomic mass is 35.5. The van der Waals surface area contributed by atoms with Crippen LogP contribution in [0.25, 0.3) is 17.3 Å². The van der Waals surface area contributed by atoms with Crippen LogP contribution < -0.4 is 5.73 Å². The van der Waals surface area contributed by atoms with Crippen molar-refractivity contribution in [2.75, 3.05) is 5.73 Å². The summed E-state index contributed by atoms with van der Waals surface area (Å²) in [6, 6.07) is 6.29. The van der Waals surface area contributed by atoms with Crippen LogP contribution in [0, 0.1) is 5.82 Å². The zero-order valence-corrected chi connectivity index (χ0v) is 15.4. The Bertz CT molecular complexity index is 815. The van der Waals surface area contributed by atoms with Crippen LogP contribution in [0.1, 0.15) is 16.1 Å². The first kappa shape index (κ1) is 18.2. The fourth-order valence-electron chi connectivity index (χ4n) is 2.06. The molecule has 3 N–H and O–H groups in total. The van der Waals surface area contributed by atoms with Crippen LogP contribution in [-0.4, -0.2) is 24.1 Å². The van der Waals surface area contributed by atoms with Crippen molar-refractivity contribution in [2.24, 2.45) is 0 Å². The van der Waals surface area contributed by atoms with E-state index < -0.39 is 19.9 Å². The summed E-state index contributed by atoms with van der Waals surface area (Å²) in [6.07, 6.45) is 1.56. The predicted octanol–water partition coefficient (Wildman–Crippen LogP) is 4.71. The Labute approximate surface area is 145 Å². The van der Waals surface area contributed by atoms with Crippen molar-refractivity contribution in [1.82, 2.24) is 4.98 Å². The molecule has 0 aliphatic carbocycles. The summed E-state index contributed by atoms with van der Waals surface area (Å²) in [5.74, 6) is -2.00. The van der Waals surface area contributed by atoms with Crippen molar-refractivity contribution in [1.29, 1.82) is 0 Å². The first-order valence-corrected chi connectivity index (χ1v) is 11.2. The normalized spacial score (nSPS) is 11.9. The van der Waals surface area contributed by atoms with Gasteiger partial charge in [0.2, 0.25) is 0 Å². The van der Waals surface area contributed by atoms with Crippen molar-refractivity contribution < 1.29 is 14.3 Å². The number of nitrogen functional groups attached to an aromatic ring is 1. The van der Waals surface area contributed by atoms with Crippen molar-refractivity contribution >= 4 is 37.4 Å². The zero-order chi connectivity index (χ0) is 18.1. The van der Waals surface area contributed by atoms with Gasteiger partial charge in [-0.1, -0.05) is 55.2 Å². The van der Waals surface area contributed by atoms with Gasteiger partial charge in [0.1, 0.15) is 5.69 Å². The van der Waals surface area contributed by atoms with E-state index in [0.717, 1.165) is 0 Å². The predicted molar refractivity (Wildman–Crippen MR) is 98.4 cm³/mol. The minimum atomic E-state index is -1.62. The van der Waals surface area contributed by atoms with Crippen LogP contribution in [0.2, 0.25) is 24.7 Å². The second-order valence-corrected chi connectivity index (χ2v) is 12.0. The van der Waals surface area contributed by atoms with Crippen LogP contribution in [0.3, 0.4) is 0 Å². The quantitative estimate of drug-likeness (QED) is 0.770. The molecule has 0 fully saturated rings. The maximum atomic E-state index is 14.7. The molecule has 0 atom stereocenters. The second-order valence-electron chi connectivity index (χ2n) is 6.46. The maximum Gasteiger partial charge on any atom is 0.355 e. The topological polar surface area (TPSA) is 76.2 Å². The molecule has 1 heterocycles. The molecule has 0 bridgehead atoms. The first-order chi connectivity index (χ1) is 11.1. The van der Waals surface area contributed by atoms with Gasteiger partial charge < -0.3 is 10.8 Å². The number of rotatable bonds is 4. The van der Waals surface area contributed by atoms with E-state index in [4.69, 9.17) is 17.3 Å². The molecule has 0 aliphatic heterocycles. The molecule has 0 spiro atoms. The lowest BCUT2D eigenvalue weighted by Gasteiger charge is -2.13. The molecule has 4 nitrogen and oxygen atoms in total. The fourth-order valence-corrected chi connectivity index (χ4v) is 2.85. The molecule has 0 aliphatic rings. The van der Waals surface area contributed by atoms with Crippen molar-refractivity contribution in [3.8, 4) is 11.3 Å². The minimum Gasteiger partial charge on any atom is -0.476 e. The summed E-state index contributed by atoms with van der Waals surface area (Å²) < 4.78 is 14.7. The van der Waals surface area contributed by atoms with Crippen LogP contribution in [0.5, 0.6) is 0 Å². The third-order valence-electron chi connectivity index (χ3n) is 3.28. The molecule has 24 heavy (non-hydrogen) atoms. The maximum absolute atomic E-state index is 14.7. The largest absolute Gasteiger partial charge is 0.476 e. The third-order valence-corrected chi connectivity index (χ3v) is 4.70. The van der Waals surface area contributed by atoms with Crippen LogP contribution in [-0.2, 0) is 0 Å². The van der Waals surface area contributed by atoms with Gasteiger partial charge in [-0.05, 0) is 12.1 Å². The molecule has 1 aromatic heterocycles. The van der Waals surface area contributed by atoms with E-state index >= 15 is 0 Å². The van der Waals surface area contributed by atoms with E-state index in [-0.39, 0.29) is 22.6 Å². The Morgan fingerprint density at radius 2 is 1.88 bits per heavy atom. The number of pyridine rings is 1. The first-order valence-electron chi connectivity index (χ1n) is 7.27. The van der Waals surface area contributed by atoms with Gasteiger partial charge in [0.25, 0.3) is 0 Å². The number of nitrogens with two attached hydrogens (primary N) is 1. The number of carboxylic acid groups (broad SMARTS) is 1. The molecule has 1 aromatic carbocycles. The second kappa shape index (κ2) is 6.74. The van der Waals surface area contributed by atoms with Gasteiger partial charge >= 0.3 is 5.97 Å². The Balaban J connectivity index is 2.68. The van der Waals surface area contributed by atoms with Gasteiger partial charge in [-0.25, -0.2) is 14.2 Å². The van der Waals surface area contributed by atoms with Crippen LogP contribution >= 0.6 is 11.6 Å². The lowest BCUT2D eigenvalue weighted by Crippen LogP contribution is -2.16. The summed E-state index contributed by atoms with van der Waals surface area (Å²) in [7, 11) is -1.62. The Kier molecular flexibility index (Phi) is 5.10. The molecular formula is C17H18ClFN2O2Si. The monoisotopic (exact) mass is 364 g/mol. The van der Waals surface area contributed by atoms with Gasteiger partial charge in [-0.2, -0.15) is 0 Å². The number of carboxylic acids is 1. The highest BCUT2D eigenvalue weighted by molar-refractivity contribution is 6.81. The van der Waals surface area contributed by atoms with Crippen molar-refractivity contribution in [2.45, 2.75) is 19.6 Å². The third kappa shape index (κ3) is 4.01. The molecule has 0 radical (unpaired) electrons. The highest BCUT2D eigenvalue weighted by Crippen LogP contribution is 2.30. The summed E-state index contributed by atoms with van der Waals surface area (Å²) in [5.41, 5.74) is 7.69.